The molecule has 4 heterocycles. The van der Waals surface area contributed by atoms with Gasteiger partial charge in [0.25, 0.3) is 0 Å². The molecule has 0 atom stereocenters. The maximum atomic E-state index is 2.71. The van der Waals surface area contributed by atoms with Gasteiger partial charge in [-0.15, -0.1) is 11.3 Å². The highest BCUT2D eigenvalue weighted by Gasteiger charge is 2.50. The molecule has 0 saturated heterocycles. The molecule has 53 heavy (non-hydrogen) atoms. The van der Waals surface area contributed by atoms with Crippen LogP contribution >= 0.6 is 11.3 Å². The smallest absolute Gasteiger partial charge is 0.333 e. The summed E-state index contributed by atoms with van der Waals surface area (Å²) in [6.45, 7) is 11.8. The first-order valence-electron chi connectivity index (χ1n) is 18.8. The number of benzene rings is 7. The summed E-state index contributed by atoms with van der Waals surface area (Å²) < 4.78 is 2.66. The van der Waals surface area contributed by atoms with Gasteiger partial charge >= 0.3 is 6.85 Å². The molecule has 0 spiro atoms. The van der Waals surface area contributed by atoms with Crippen molar-refractivity contribution in [2.75, 3.05) is 9.71 Å². The molecule has 254 valence electrons. The Kier molecular flexibility index (Phi) is 6.28. The number of thiophene rings is 1. The molecule has 3 aliphatic rings. The molecule has 0 saturated carbocycles. The van der Waals surface area contributed by atoms with Gasteiger partial charge in [0.2, 0.25) is 0 Å². The molecular weight excluding hydrogens is 659 g/mol. The molecule has 11 rings (SSSR count). The second-order valence-electron chi connectivity index (χ2n) is 16.6. The molecule has 4 heteroatoms. The Balaban J connectivity index is 1.31. The predicted molar refractivity (Wildman–Crippen MR) is 229 cm³/mol. The zero-order valence-corrected chi connectivity index (χ0v) is 31.6. The second kappa shape index (κ2) is 10.7. The average Bonchev–Trinajstić information content (AvgIpc) is 3.56. The lowest BCUT2D eigenvalue weighted by Crippen LogP contribution is -2.62. The lowest BCUT2D eigenvalue weighted by molar-refractivity contribution is 0.590. The number of para-hydroxylation sites is 2. The highest BCUT2D eigenvalue weighted by molar-refractivity contribution is 7.26. The zero-order chi connectivity index (χ0) is 35.8. The van der Waals surface area contributed by atoms with E-state index in [4.69, 9.17) is 0 Å². The number of anilines is 5. The minimum Gasteiger partial charge on any atom is -0.375 e. The van der Waals surface area contributed by atoms with Crippen LogP contribution in [-0.2, 0) is 10.8 Å². The Morgan fingerprint density at radius 3 is 2.13 bits per heavy atom. The summed E-state index contributed by atoms with van der Waals surface area (Å²) in [6, 6.07) is 55.1. The topological polar surface area (TPSA) is 6.48 Å². The highest BCUT2D eigenvalue weighted by Crippen LogP contribution is 2.56. The van der Waals surface area contributed by atoms with Gasteiger partial charge < -0.3 is 9.71 Å². The van der Waals surface area contributed by atoms with E-state index in [0.717, 1.165) is 0 Å². The molecule has 7 aromatic carbocycles. The fraction of sp³-hybridized carbons (Fsp3) is 0.143. The normalized spacial score (nSPS) is 14.9. The van der Waals surface area contributed by atoms with Crippen LogP contribution in [0.2, 0.25) is 0 Å². The van der Waals surface area contributed by atoms with Crippen molar-refractivity contribution < 1.29 is 0 Å². The van der Waals surface area contributed by atoms with Crippen LogP contribution < -0.4 is 20.6 Å². The first-order chi connectivity index (χ1) is 25.7. The maximum absolute atomic E-state index is 2.71. The van der Waals surface area contributed by atoms with E-state index >= 15 is 0 Å². The third-order valence-electron chi connectivity index (χ3n) is 12.2. The van der Waals surface area contributed by atoms with Crippen LogP contribution in [0.3, 0.4) is 0 Å². The van der Waals surface area contributed by atoms with Crippen LogP contribution in [0.25, 0.3) is 42.4 Å². The van der Waals surface area contributed by atoms with Crippen molar-refractivity contribution in [1.29, 1.82) is 0 Å². The van der Waals surface area contributed by atoms with E-state index < -0.39 is 0 Å². The number of nitrogens with zero attached hydrogens (tertiary/aromatic N) is 2. The minimum absolute atomic E-state index is 0.0318. The molecule has 8 aromatic rings. The standard InChI is InChI=1S/C49H39BN2S/c1-48(2,3)32-28-36-33-26-25-31(30-15-7-6-8-16-30)27-42(33)52(41-23-13-18-35-34-17-9-12-24-44(34)53-47(35)41)50-39-21-14-20-38-46(39)51(43(29-32)45(36)50)40-22-11-10-19-37(40)49(38,4)5/h6-29H,1-5H3. The predicted octanol–water partition coefficient (Wildman–Crippen LogP) is 12.4. The van der Waals surface area contributed by atoms with Gasteiger partial charge in [-0.1, -0.05) is 150 Å². The van der Waals surface area contributed by atoms with Crippen LogP contribution in [-0.4, -0.2) is 6.85 Å². The van der Waals surface area contributed by atoms with Crippen molar-refractivity contribution >= 4 is 77.7 Å². The van der Waals surface area contributed by atoms with Gasteiger partial charge in [0, 0.05) is 49.2 Å². The second-order valence-corrected chi connectivity index (χ2v) is 17.6. The molecule has 2 nitrogen and oxygen atoms in total. The molecule has 3 aliphatic heterocycles. The molecule has 0 radical (unpaired) electrons. The van der Waals surface area contributed by atoms with Gasteiger partial charge in [-0.25, -0.2) is 0 Å². The Hall–Kier alpha value is -5.58. The van der Waals surface area contributed by atoms with E-state index in [2.05, 4.69) is 190 Å². The van der Waals surface area contributed by atoms with Gasteiger partial charge in [-0.2, -0.15) is 0 Å². The molecule has 0 unspecified atom stereocenters. The fourth-order valence-corrected chi connectivity index (χ4v) is 10.8. The monoisotopic (exact) mass is 698 g/mol. The van der Waals surface area contributed by atoms with Crippen LogP contribution in [0.5, 0.6) is 0 Å². The van der Waals surface area contributed by atoms with Crippen molar-refractivity contribution in [3.63, 3.8) is 0 Å². The molecule has 0 fully saturated rings. The summed E-state index contributed by atoms with van der Waals surface area (Å²) in [5.74, 6) is 0. The summed E-state index contributed by atoms with van der Waals surface area (Å²) in [6.07, 6.45) is 0. The van der Waals surface area contributed by atoms with Gasteiger partial charge in [-0.3, -0.25) is 0 Å². The third kappa shape index (κ3) is 4.22. The van der Waals surface area contributed by atoms with Crippen LogP contribution in [0.15, 0.2) is 146 Å². The van der Waals surface area contributed by atoms with Crippen LogP contribution in [0.1, 0.15) is 51.3 Å². The van der Waals surface area contributed by atoms with Gasteiger partial charge in [0.1, 0.15) is 0 Å². The van der Waals surface area contributed by atoms with E-state index in [0.29, 0.717) is 0 Å². The zero-order valence-electron chi connectivity index (χ0n) is 30.7. The summed E-state index contributed by atoms with van der Waals surface area (Å²) in [5, 5.41) is 2.64. The summed E-state index contributed by atoms with van der Waals surface area (Å²) >= 11 is 1.92. The van der Waals surface area contributed by atoms with Gasteiger partial charge in [-0.05, 0) is 80.1 Å². The van der Waals surface area contributed by atoms with E-state index in [-0.39, 0.29) is 17.7 Å². The van der Waals surface area contributed by atoms with E-state index in [1.54, 1.807) is 0 Å². The van der Waals surface area contributed by atoms with E-state index in [9.17, 15) is 0 Å². The minimum atomic E-state index is -0.163. The molecule has 0 amide bonds. The fourth-order valence-electron chi connectivity index (χ4n) is 9.54. The molecule has 1 aromatic heterocycles. The summed E-state index contributed by atoms with van der Waals surface area (Å²) in [5.41, 5.74) is 18.2. The first-order valence-corrected chi connectivity index (χ1v) is 19.6. The average molecular weight is 699 g/mol. The highest BCUT2D eigenvalue weighted by atomic mass is 32.1. The lowest BCUT2D eigenvalue weighted by Gasteiger charge is -2.50. The van der Waals surface area contributed by atoms with Crippen molar-refractivity contribution in [2.24, 2.45) is 0 Å². The van der Waals surface area contributed by atoms with Crippen molar-refractivity contribution in [2.45, 2.75) is 45.4 Å². The van der Waals surface area contributed by atoms with Crippen molar-refractivity contribution in [3.8, 4) is 22.3 Å². The van der Waals surface area contributed by atoms with Gasteiger partial charge in [0.15, 0.2) is 0 Å². The number of rotatable bonds is 2. The largest absolute Gasteiger partial charge is 0.375 e. The maximum Gasteiger partial charge on any atom is 0.333 e. The molecule has 0 aliphatic carbocycles. The van der Waals surface area contributed by atoms with Crippen LogP contribution in [0, 0.1) is 0 Å². The third-order valence-corrected chi connectivity index (χ3v) is 13.4. The number of hydrogen-bond donors (Lipinski definition) is 0. The Labute approximate surface area is 316 Å². The number of hydrogen-bond acceptors (Lipinski definition) is 3. The Morgan fingerprint density at radius 2 is 1.28 bits per heavy atom. The lowest BCUT2D eigenvalue weighted by atomic mass is 9.42. The Bertz CT molecular complexity index is 2820. The van der Waals surface area contributed by atoms with E-state index in [1.165, 1.54) is 98.5 Å². The summed E-state index contributed by atoms with van der Waals surface area (Å²) in [7, 11) is 0. The SMILES string of the molecule is CC(C)(C)c1cc2c3c(c1)N1c4ccccc4C(C)(C)c4cccc(c41)B3N(c1cccc3c1sc1ccccc13)c1cc(-c3ccccc3)ccc1-2. The van der Waals surface area contributed by atoms with Gasteiger partial charge in [0.05, 0.1) is 10.4 Å². The van der Waals surface area contributed by atoms with Crippen LogP contribution in [0.4, 0.5) is 28.4 Å². The summed E-state index contributed by atoms with van der Waals surface area (Å²) in [4.78, 5) is 5.33. The van der Waals surface area contributed by atoms with Crippen molar-refractivity contribution in [1.82, 2.24) is 0 Å². The first kappa shape index (κ1) is 31.0. The Morgan fingerprint density at radius 1 is 0.566 bits per heavy atom. The van der Waals surface area contributed by atoms with E-state index in [1.807, 2.05) is 11.3 Å². The number of fused-ring (bicyclic) bond motifs is 9. The molecule has 0 bridgehead atoms. The van der Waals surface area contributed by atoms with Crippen molar-refractivity contribution in [3.05, 3.63) is 162 Å². The molecule has 0 N–H and O–H groups in total. The molecular formula is C49H39BN2S. The quantitative estimate of drug-likeness (QED) is 0.166.